The quantitative estimate of drug-likeness (QED) is 0.638. The second-order valence-electron chi connectivity index (χ2n) is 8.51. The Kier molecular flexibility index (Phi) is 8.59. The Morgan fingerprint density at radius 3 is 2.53 bits per heavy atom. The molecule has 1 saturated carbocycles. The number of hydrogen-bond donors (Lipinski definition) is 3. The minimum absolute atomic E-state index is 0. The zero-order valence-electron chi connectivity index (χ0n) is 18.0. The zero-order valence-corrected chi connectivity index (χ0v) is 18.8. The van der Waals surface area contributed by atoms with Gasteiger partial charge in [-0.25, -0.2) is 4.39 Å². The number of nitrogens with one attached hydrogen (secondary N) is 3. The molecule has 32 heavy (non-hydrogen) atoms. The zero-order chi connectivity index (χ0) is 21.6. The Bertz CT molecular complexity index is 918. The number of rotatable bonds is 5. The summed E-state index contributed by atoms with van der Waals surface area (Å²) in [5.41, 5.74) is 1.74. The number of halogens is 2. The summed E-state index contributed by atoms with van der Waals surface area (Å²) in [6, 6.07) is 9.87. The van der Waals surface area contributed by atoms with Gasteiger partial charge in [-0.05, 0) is 69.5 Å². The van der Waals surface area contributed by atoms with Gasteiger partial charge in [0.25, 0.3) is 5.91 Å². The first kappa shape index (κ1) is 24.1. The van der Waals surface area contributed by atoms with E-state index in [0.717, 1.165) is 45.2 Å². The van der Waals surface area contributed by atoms with Crippen LogP contribution < -0.4 is 16.0 Å². The topological polar surface area (TPSA) is 83.1 Å². The van der Waals surface area contributed by atoms with Crippen LogP contribution in [0.2, 0.25) is 0 Å². The summed E-state index contributed by atoms with van der Waals surface area (Å²) in [5.74, 6) is -0.450. The third-order valence-electron chi connectivity index (χ3n) is 6.21. The lowest BCUT2D eigenvalue weighted by molar-refractivity contribution is -0.127. The van der Waals surface area contributed by atoms with Crippen molar-refractivity contribution in [1.82, 2.24) is 20.9 Å². The standard InChI is InChI=1S/C24H29FN4O2.ClH/c25-19-5-1-3-16(13-19)22-8-7-18(15-27-22)24(31)29-21-6-2-4-17(14-21)23(30)28-20-9-11-26-12-10-20;/h1,3,5,7-8,13,15,17,20-21,26H,2,4,6,9-12,14H2,(H,28,30)(H,29,31);1H. The van der Waals surface area contributed by atoms with Crippen molar-refractivity contribution in [3.8, 4) is 11.3 Å². The van der Waals surface area contributed by atoms with Gasteiger partial charge in [-0.1, -0.05) is 18.6 Å². The summed E-state index contributed by atoms with van der Waals surface area (Å²) in [6.07, 6.45) is 6.78. The highest BCUT2D eigenvalue weighted by Gasteiger charge is 2.29. The molecule has 8 heteroatoms. The number of carbonyl (C=O) groups excluding carboxylic acids is 2. The Morgan fingerprint density at radius 1 is 1.00 bits per heavy atom. The summed E-state index contributed by atoms with van der Waals surface area (Å²) in [4.78, 5) is 29.7. The predicted octanol–water partition coefficient (Wildman–Crippen LogP) is 3.47. The van der Waals surface area contributed by atoms with E-state index >= 15 is 0 Å². The molecule has 0 spiro atoms. The number of hydrogen-bond acceptors (Lipinski definition) is 4. The van der Waals surface area contributed by atoms with Gasteiger partial charge >= 0.3 is 0 Å². The summed E-state index contributed by atoms with van der Waals surface area (Å²) in [5, 5.41) is 9.56. The van der Waals surface area contributed by atoms with Crippen molar-refractivity contribution in [3.05, 3.63) is 54.0 Å². The van der Waals surface area contributed by atoms with Crippen LogP contribution in [0.5, 0.6) is 0 Å². The first-order valence-electron chi connectivity index (χ1n) is 11.1. The lowest BCUT2D eigenvalue weighted by Crippen LogP contribution is -2.47. The van der Waals surface area contributed by atoms with Gasteiger partial charge in [-0.3, -0.25) is 14.6 Å². The molecule has 1 aliphatic heterocycles. The number of nitrogens with zero attached hydrogens (tertiary/aromatic N) is 1. The van der Waals surface area contributed by atoms with Gasteiger partial charge in [-0.15, -0.1) is 12.4 Å². The van der Waals surface area contributed by atoms with Crippen LogP contribution in [0.1, 0.15) is 48.9 Å². The summed E-state index contributed by atoms with van der Waals surface area (Å²) in [7, 11) is 0. The monoisotopic (exact) mass is 460 g/mol. The van der Waals surface area contributed by atoms with Gasteiger partial charge < -0.3 is 16.0 Å². The van der Waals surface area contributed by atoms with E-state index in [1.807, 2.05) is 0 Å². The minimum atomic E-state index is -0.322. The van der Waals surface area contributed by atoms with E-state index in [2.05, 4.69) is 20.9 Å². The molecule has 1 saturated heterocycles. The Labute approximate surface area is 194 Å². The summed E-state index contributed by atoms with van der Waals surface area (Å²) >= 11 is 0. The highest BCUT2D eigenvalue weighted by molar-refractivity contribution is 5.94. The number of carbonyl (C=O) groups is 2. The third kappa shape index (κ3) is 6.26. The van der Waals surface area contributed by atoms with Crippen LogP contribution in [0.15, 0.2) is 42.6 Å². The lowest BCUT2D eigenvalue weighted by atomic mass is 9.84. The average Bonchev–Trinajstić information content (AvgIpc) is 2.80. The van der Waals surface area contributed by atoms with Crippen molar-refractivity contribution in [2.45, 2.75) is 50.6 Å². The van der Waals surface area contributed by atoms with Crippen LogP contribution in [-0.4, -0.2) is 42.0 Å². The number of aromatic nitrogens is 1. The Hall–Kier alpha value is -2.51. The highest BCUT2D eigenvalue weighted by atomic mass is 35.5. The maximum atomic E-state index is 13.4. The average molecular weight is 461 g/mol. The fraction of sp³-hybridized carbons (Fsp3) is 0.458. The molecule has 2 amide bonds. The van der Waals surface area contributed by atoms with E-state index < -0.39 is 0 Å². The fourth-order valence-corrected chi connectivity index (χ4v) is 4.46. The molecule has 2 unspecified atom stereocenters. The molecule has 0 bridgehead atoms. The molecular formula is C24H30ClFN4O2. The van der Waals surface area contributed by atoms with Crippen LogP contribution >= 0.6 is 12.4 Å². The van der Waals surface area contributed by atoms with E-state index in [0.29, 0.717) is 23.2 Å². The third-order valence-corrected chi connectivity index (χ3v) is 6.21. The van der Waals surface area contributed by atoms with Gasteiger partial charge in [0.1, 0.15) is 5.82 Å². The molecule has 1 aromatic heterocycles. The van der Waals surface area contributed by atoms with Crippen molar-refractivity contribution in [2.24, 2.45) is 5.92 Å². The van der Waals surface area contributed by atoms with Crippen molar-refractivity contribution in [3.63, 3.8) is 0 Å². The Morgan fingerprint density at radius 2 is 1.81 bits per heavy atom. The maximum Gasteiger partial charge on any atom is 0.253 e. The molecule has 1 aromatic carbocycles. The van der Waals surface area contributed by atoms with Crippen LogP contribution in [0, 0.1) is 11.7 Å². The molecule has 1 aliphatic carbocycles. The molecule has 4 rings (SSSR count). The lowest BCUT2D eigenvalue weighted by Gasteiger charge is -2.31. The highest BCUT2D eigenvalue weighted by Crippen LogP contribution is 2.25. The van der Waals surface area contributed by atoms with Gasteiger partial charge in [0, 0.05) is 29.8 Å². The minimum Gasteiger partial charge on any atom is -0.353 e. The number of amides is 2. The first-order chi connectivity index (χ1) is 15.1. The smallest absolute Gasteiger partial charge is 0.253 e. The second-order valence-corrected chi connectivity index (χ2v) is 8.51. The molecule has 6 nitrogen and oxygen atoms in total. The van der Waals surface area contributed by atoms with E-state index in [-0.39, 0.29) is 48.0 Å². The molecule has 2 aliphatic rings. The van der Waals surface area contributed by atoms with E-state index in [1.165, 1.54) is 18.3 Å². The van der Waals surface area contributed by atoms with E-state index in [9.17, 15) is 14.0 Å². The first-order valence-corrected chi connectivity index (χ1v) is 11.1. The van der Waals surface area contributed by atoms with Gasteiger partial charge in [0.15, 0.2) is 0 Å². The summed E-state index contributed by atoms with van der Waals surface area (Å²) < 4.78 is 13.4. The largest absolute Gasteiger partial charge is 0.353 e. The number of pyridine rings is 1. The molecule has 2 heterocycles. The van der Waals surface area contributed by atoms with Crippen molar-refractivity contribution in [1.29, 1.82) is 0 Å². The summed E-state index contributed by atoms with van der Waals surface area (Å²) in [6.45, 7) is 1.89. The van der Waals surface area contributed by atoms with Crippen LogP contribution in [0.4, 0.5) is 4.39 Å². The van der Waals surface area contributed by atoms with Crippen LogP contribution in [-0.2, 0) is 4.79 Å². The van der Waals surface area contributed by atoms with E-state index in [4.69, 9.17) is 0 Å². The normalized spacial score (nSPS) is 21.3. The number of piperidine rings is 1. The van der Waals surface area contributed by atoms with Crippen LogP contribution in [0.25, 0.3) is 11.3 Å². The SMILES string of the molecule is Cl.O=C(NC1CCCC(C(=O)NC2CCNCC2)C1)c1ccc(-c2cccc(F)c2)nc1. The number of benzene rings is 1. The molecule has 3 N–H and O–H groups in total. The van der Waals surface area contributed by atoms with E-state index in [1.54, 1.807) is 24.3 Å². The molecule has 2 fully saturated rings. The molecule has 2 atom stereocenters. The van der Waals surface area contributed by atoms with Gasteiger partial charge in [0.2, 0.25) is 5.91 Å². The molecule has 172 valence electrons. The van der Waals surface area contributed by atoms with Crippen LogP contribution in [0.3, 0.4) is 0 Å². The fourth-order valence-electron chi connectivity index (χ4n) is 4.46. The molecular weight excluding hydrogens is 431 g/mol. The van der Waals surface area contributed by atoms with Gasteiger partial charge in [0.05, 0.1) is 11.3 Å². The maximum absolute atomic E-state index is 13.4. The molecule has 0 radical (unpaired) electrons. The van der Waals surface area contributed by atoms with Crippen molar-refractivity contribution < 1.29 is 14.0 Å². The van der Waals surface area contributed by atoms with Gasteiger partial charge in [-0.2, -0.15) is 0 Å². The molecule has 2 aromatic rings. The van der Waals surface area contributed by atoms with Crippen molar-refractivity contribution >= 4 is 24.2 Å². The Balaban J connectivity index is 0.00000289. The van der Waals surface area contributed by atoms with Crippen molar-refractivity contribution in [2.75, 3.05) is 13.1 Å². The second kappa shape index (κ2) is 11.4. The predicted molar refractivity (Wildman–Crippen MR) is 124 cm³/mol.